The van der Waals surface area contributed by atoms with Gasteiger partial charge in [0.2, 0.25) is 35.4 Å². The maximum Gasteiger partial charge on any atom is 0.245 e. The Kier molecular flexibility index (Phi) is 15.0. The Morgan fingerprint density at radius 3 is 1.97 bits per heavy atom. The van der Waals surface area contributed by atoms with Crippen LogP contribution in [0.3, 0.4) is 0 Å². The maximum atomic E-state index is 14.7. The van der Waals surface area contributed by atoms with Crippen LogP contribution in [0.25, 0.3) is 21.8 Å². The molecule has 1 saturated heterocycles. The van der Waals surface area contributed by atoms with Crippen LogP contribution in [0.2, 0.25) is 0 Å². The molecule has 0 bridgehead atoms. The number of aromatic nitrogens is 4. The highest BCUT2D eigenvalue weighted by Crippen LogP contribution is 2.25. The van der Waals surface area contributed by atoms with Crippen molar-refractivity contribution in [3.05, 3.63) is 126 Å². The number of aromatic amines is 3. The van der Waals surface area contributed by atoms with E-state index in [-0.39, 0.29) is 45.1 Å². The molecule has 3 aromatic heterocycles. The summed E-state index contributed by atoms with van der Waals surface area (Å²) < 4.78 is 0. The van der Waals surface area contributed by atoms with E-state index < -0.39 is 71.7 Å². The SMILES string of the molecule is NCCCCC(NC(=O)C(Cc1ccccc1)NC(=O)C(Cc1c[nH]c2ccccc12)N1CCC(NC(=O)C(Cc2c[nH]c3ccccc23)NC(=O)C(N)Cc2cnc[nH]2)C1=O)C(N)=O. The zero-order chi connectivity index (χ0) is 45.9. The predicted molar refractivity (Wildman–Crippen MR) is 244 cm³/mol. The van der Waals surface area contributed by atoms with Gasteiger partial charge in [0, 0.05) is 78.3 Å². The maximum absolute atomic E-state index is 14.7. The van der Waals surface area contributed by atoms with E-state index in [1.165, 1.54) is 11.2 Å². The van der Waals surface area contributed by atoms with E-state index in [9.17, 15) is 28.8 Å². The molecule has 6 unspecified atom stereocenters. The predicted octanol–water partition coefficient (Wildman–Crippen LogP) is 1.12. The second-order valence-electron chi connectivity index (χ2n) is 16.5. The summed E-state index contributed by atoms with van der Waals surface area (Å²) in [6, 6.07) is 17.8. The number of hydrogen-bond acceptors (Lipinski definition) is 9. The van der Waals surface area contributed by atoms with Gasteiger partial charge in [0.05, 0.1) is 12.4 Å². The van der Waals surface area contributed by atoms with Crippen molar-refractivity contribution < 1.29 is 28.8 Å². The first-order chi connectivity index (χ1) is 31.5. The smallest absolute Gasteiger partial charge is 0.245 e. The number of benzene rings is 3. The summed E-state index contributed by atoms with van der Waals surface area (Å²) in [5.41, 5.74) is 22.2. The molecule has 6 amide bonds. The number of unbranched alkanes of at least 4 members (excludes halogenated alkanes) is 1. The van der Waals surface area contributed by atoms with E-state index in [0.717, 1.165) is 38.5 Å². The van der Waals surface area contributed by atoms with Gasteiger partial charge in [0.15, 0.2) is 0 Å². The highest BCUT2D eigenvalue weighted by atomic mass is 16.2. The second-order valence-corrected chi connectivity index (χ2v) is 16.5. The van der Waals surface area contributed by atoms with E-state index in [0.29, 0.717) is 25.1 Å². The van der Waals surface area contributed by atoms with Crippen LogP contribution >= 0.6 is 0 Å². The Labute approximate surface area is 375 Å². The number of nitrogens with two attached hydrogens (primary N) is 3. The van der Waals surface area contributed by atoms with E-state index in [1.807, 2.05) is 78.9 Å². The number of fused-ring (bicyclic) bond motifs is 2. The van der Waals surface area contributed by atoms with Gasteiger partial charge in [-0.1, -0.05) is 66.7 Å². The summed E-state index contributed by atoms with van der Waals surface area (Å²) in [5, 5.41) is 13.1. The van der Waals surface area contributed by atoms with E-state index >= 15 is 0 Å². The van der Waals surface area contributed by atoms with Crippen molar-refractivity contribution in [2.45, 2.75) is 87.6 Å². The molecule has 6 aromatic rings. The summed E-state index contributed by atoms with van der Waals surface area (Å²) in [7, 11) is 0. The lowest BCUT2D eigenvalue weighted by atomic mass is 10.0. The molecule has 13 N–H and O–H groups in total. The Bertz CT molecular complexity index is 2590. The van der Waals surface area contributed by atoms with Crippen LogP contribution in [0.1, 0.15) is 48.1 Å². The molecule has 18 nitrogen and oxygen atoms in total. The largest absolute Gasteiger partial charge is 0.368 e. The van der Waals surface area contributed by atoms with Crippen LogP contribution < -0.4 is 38.5 Å². The number of imidazole rings is 1. The summed E-state index contributed by atoms with van der Waals surface area (Å²) in [6.07, 6.45) is 8.61. The molecule has 340 valence electrons. The molecular weight excluding hydrogens is 829 g/mol. The van der Waals surface area contributed by atoms with Gasteiger partial charge in [0.1, 0.15) is 30.2 Å². The molecule has 7 rings (SSSR count). The number of hydrogen-bond donors (Lipinski definition) is 10. The Hall–Kier alpha value is -7.31. The number of carbonyl (C=O) groups is 6. The van der Waals surface area contributed by atoms with Gasteiger partial charge in [-0.3, -0.25) is 28.8 Å². The first-order valence-electron chi connectivity index (χ1n) is 21.9. The lowest BCUT2D eigenvalue weighted by Gasteiger charge is -2.30. The van der Waals surface area contributed by atoms with Crippen molar-refractivity contribution in [3.63, 3.8) is 0 Å². The fraction of sp³-hybridized carbons (Fsp3) is 0.340. The Morgan fingerprint density at radius 2 is 1.32 bits per heavy atom. The molecule has 0 spiro atoms. The first kappa shape index (κ1) is 45.7. The van der Waals surface area contributed by atoms with Crippen molar-refractivity contribution >= 4 is 57.2 Å². The monoisotopic (exact) mass is 884 g/mol. The summed E-state index contributed by atoms with van der Waals surface area (Å²) in [5.74, 6) is -3.62. The van der Waals surface area contributed by atoms with Crippen LogP contribution in [0, 0.1) is 0 Å². The first-order valence-corrected chi connectivity index (χ1v) is 21.9. The standard InChI is InChI=1S/C47H56N12O6/c48-18-9-8-16-37(42(50)60)55-44(62)39(20-28-10-2-1-3-11-28)58-46(64)41(22-30-25-53-36-15-7-5-13-33(30)36)59-19-17-38(47(59)65)56-45(63)40(21-29-24-52-35-14-6-4-12-32(29)35)57-43(61)34(49)23-31-26-51-27-54-31/h1-7,10-15,24-27,34,37-41,52-53H,8-9,16-23,48-49H2,(H2,50,60)(H,51,54)(H,55,62)(H,56,63)(H,57,61)(H,58,64). The van der Waals surface area contributed by atoms with E-state index in [2.05, 4.69) is 41.2 Å². The third kappa shape index (κ3) is 11.5. The number of carbonyl (C=O) groups excluding carboxylic acids is 6. The van der Waals surface area contributed by atoms with E-state index in [4.69, 9.17) is 17.2 Å². The fourth-order valence-electron chi connectivity index (χ4n) is 8.38. The molecule has 3 aromatic carbocycles. The number of likely N-dealkylation sites (tertiary alicyclic amines) is 1. The van der Waals surface area contributed by atoms with Crippen LogP contribution in [0.15, 0.2) is 104 Å². The molecule has 65 heavy (non-hydrogen) atoms. The van der Waals surface area contributed by atoms with Crippen LogP contribution in [0.5, 0.6) is 0 Å². The second kappa shape index (κ2) is 21.4. The molecular formula is C47H56N12O6. The number of primary amides is 1. The minimum atomic E-state index is -1.16. The third-order valence-corrected chi connectivity index (χ3v) is 11.9. The van der Waals surface area contributed by atoms with Gasteiger partial charge in [-0.15, -0.1) is 0 Å². The van der Waals surface area contributed by atoms with Crippen LogP contribution in [-0.2, 0) is 54.5 Å². The topological polar surface area (TPSA) is 292 Å². The van der Waals surface area contributed by atoms with Crippen LogP contribution in [-0.4, -0.2) is 110 Å². The third-order valence-electron chi connectivity index (χ3n) is 11.9. The number of nitrogens with zero attached hydrogens (tertiary/aromatic N) is 2. The zero-order valence-corrected chi connectivity index (χ0v) is 35.9. The van der Waals surface area contributed by atoms with Gasteiger partial charge in [0.25, 0.3) is 0 Å². The van der Waals surface area contributed by atoms with Gasteiger partial charge in [-0.05, 0) is 61.1 Å². The molecule has 1 aliphatic rings. The van der Waals surface area contributed by atoms with Gasteiger partial charge in [-0.2, -0.15) is 0 Å². The summed E-state index contributed by atoms with van der Waals surface area (Å²) in [6.45, 7) is 0.507. The molecule has 1 aliphatic heterocycles. The number of nitrogens with one attached hydrogen (secondary N) is 7. The average molecular weight is 885 g/mol. The molecule has 0 saturated carbocycles. The minimum Gasteiger partial charge on any atom is -0.368 e. The summed E-state index contributed by atoms with van der Waals surface area (Å²) in [4.78, 5) is 98.3. The molecule has 1 fully saturated rings. The number of para-hydroxylation sites is 2. The lowest BCUT2D eigenvalue weighted by molar-refractivity contribution is -0.140. The zero-order valence-electron chi connectivity index (χ0n) is 35.9. The average Bonchev–Trinajstić information content (AvgIpc) is 4.13. The summed E-state index contributed by atoms with van der Waals surface area (Å²) >= 11 is 0. The molecule has 6 atom stereocenters. The van der Waals surface area contributed by atoms with Crippen molar-refractivity contribution in [1.82, 2.24) is 46.1 Å². The van der Waals surface area contributed by atoms with Crippen molar-refractivity contribution in [2.24, 2.45) is 17.2 Å². The lowest BCUT2D eigenvalue weighted by Crippen LogP contribution is -2.58. The molecule has 0 radical (unpaired) electrons. The Morgan fingerprint density at radius 1 is 0.708 bits per heavy atom. The quantitative estimate of drug-likeness (QED) is 0.0437. The normalized spacial score (nSPS) is 16.1. The molecule has 4 heterocycles. The number of amides is 6. The van der Waals surface area contributed by atoms with Gasteiger partial charge >= 0.3 is 0 Å². The van der Waals surface area contributed by atoms with E-state index in [1.54, 1.807) is 18.6 Å². The Balaban J connectivity index is 1.13. The van der Waals surface area contributed by atoms with Crippen molar-refractivity contribution in [1.29, 1.82) is 0 Å². The van der Waals surface area contributed by atoms with Crippen LogP contribution in [0.4, 0.5) is 0 Å². The van der Waals surface area contributed by atoms with Crippen molar-refractivity contribution in [2.75, 3.05) is 13.1 Å². The number of H-pyrrole nitrogens is 3. The van der Waals surface area contributed by atoms with Crippen molar-refractivity contribution in [3.8, 4) is 0 Å². The van der Waals surface area contributed by atoms with Gasteiger partial charge < -0.3 is 58.3 Å². The van der Waals surface area contributed by atoms with Gasteiger partial charge in [-0.25, -0.2) is 4.98 Å². The highest BCUT2D eigenvalue weighted by molar-refractivity contribution is 5.98. The molecule has 0 aliphatic carbocycles. The number of rotatable bonds is 22. The molecule has 18 heteroatoms. The minimum absolute atomic E-state index is 0.0679. The highest BCUT2D eigenvalue weighted by Gasteiger charge is 2.42. The fourth-order valence-corrected chi connectivity index (χ4v) is 8.38.